The van der Waals surface area contributed by atoms with Gasteiger partial charge in [0.2, 0.25) is 15.9 Å². The van der Waals surface area contributed by atoms with E-state index in [9.17, 15) is 13.2 Å². The zero-order chi connectivity index (χ0) is 16.1. The van der Waals surface area contributed by atoms with Gasteiger partial charge in [0.15, 0.2) is 5.84 Å². The van der Waals surface area contributed by atoms with Crippen molar-refractivity contribution < 1.29 is 23.2 Å². The lowest BCUT2D eigenvalue weighted by molar-refractivity contribution is -0.131. The van der Waals surface area contributed by atoms with Gasteiger partial charge in [-0.05, 0) is 12.8 Å². The molecule has 0 aromatic rings. The summed E-state index contributed by atoms with van der Waals surface area (Å²) < 4.78 is 29.5. The smallest absolute Gasteiger partial charge is 0.234 e. The molecule has 1 heterocycles. The molecular formula is C11H22N4O5S. The quantitative estimate of drug-likeness (QED) is 0.237. The van der Waals surface area contributed by atoms with Gasteiger partial charge in [-0.1, -0.05) is 5.16 Å². The van der Waals surface area contributed by atoms with Crippen LogP contribution in [0.15, 0.2) is 5.16 Å². The van der Waals surface area contributed by atoms with Gasteiger partial charge >= 0.3 is 0 Å². The average molecular weight is 322 g/mol. The molecule has 10 heteroatoms. The van der Waals surface area contributed by atoms with Crippen molar-refractivity contribution in [3.8, 4) is 0 Å². The summed E-state index contributed by atoms with van der Waals surface area (Å²) in [4.78, 5) is 12.3. The van der Waals surface area contributed by atoms with Crippen LogP contribution in [0.4, 0.5) is 0 Å². The SMILES string of the molecule is CN(C)S(=O)(=O)CCNC(=O)C1(C(N)=NO)CCOCC1. The monoisotopic (exact) mass is 322 g/mol. The first-order valence-corrected chi connectivity index (χ1v) is 8.11. The van der Waals surface area contributed by atoms with Gasteiger partial charge < -0.3 is 21.0 Å². The molecule has 0 unspecified atom stereocenters. The van der Waals surface area contributed by atoms with E-state index in [0.717, 1.165) is 4.31 Å². The number of nitrogens with one attached hydrogen (secondary N) is 1. The molecule has 0 aliphatic carbocycles. The molecule has 4 N–H and O–H groups in total. The number of nitrogens with zero attached hydrogens (tertiary/aromatic N) is 2. The molecule has 0 aromatic carbocycles. The van der Waals surface area contributed by atoms with Crippen molar-refractivity contribution in [1.29, 1.82) is 0 Å². The van der Waals surface area contributed by atoms with Crippen molar-refractivity contribution in [3.63, 3.8) is 0 Å². The van der Waals surface area contributed by atoms with Crippen LogP contribution in [-0.2, 0) is 19.6 Å². The van der Waals surface area contributed by atoms with Gasteiger partial charge in [0.05, 0.1) is 5.75 Å². The number of amidine groups is 1. The molecule has 1 aliphatic heterocycles. The van der Waals surface area contributed by atoms with Gasteiger partial charge in [0, 0.05) is 33.9 Å². The molecule has 0 spiro atoms. The molecule has 0 bridgehead atoms. The standard InChI is InChI=1S/C11H22N4O5S/c1-15(2)21(18,19)8-5-13-10(16)11(9(12)14-17)3-6-20-7-4-11/h17H,3-8H2,1-2H3,(H2,12,14)(H,13,16). The summed E-state index contributed by atoms with van der Waals surface area (Å²) in [5, 5.41) is 14.4. The van der Waals surface area contributed by atoms with E-state index >= 15 is 0 Å². The summed E-state index contributed by atoms with van der Waals surface area (Å²) in [7, 11) is -0.539. The Bertz CT molecular complexity index is 497. The molecule has 1 rings (SSSR count). The topological polar surface area (TPSA) is 134 Å². The number of nitrogens with two attached hydrogens (primary N) is 1. The number of rotatable bonds is 6. The third-order valence-corrected chi connectivity index (χ3v) is 5.41. The van der Waals surface area contributed by atoms with Crippen LogP contribution >= 0.6 is 0 Å². The second kappa shape index (κ2) is 7.05. The number of ether oxygens (including phenoxy) is 1. The highest BCUT2D eigenvalue weighted by Gasteiger charge is 2.44. The lowest BCUT2D eigenvalue weighted by atomic mass is 9.78. The largest absolute Gasteiger partial charge is 0.409 e. The fourth-order valence-corrected chi connectivity index (χ4v) is 2.79. The maximum atomic E-state index is 12.3. The lowest BCUT2D eigenvalue weighted by Crippen LogP contribution is -2.53. The van der Waals surface area contributed by atoms with E-state index in [1.807, 2.05) is 0 Å². The van der Waals surface area contributed by atoms with Crippen LogP contribution < -0.4 is 11.1 Å². The van der Waals surface area contributed by atoms with Crippen LogP contribution in [0.25, 0.3) is 0 Å². The van der Waals surface area contributed by atoms with E-state index in [4.69, 9.17) is 15.7 Å². The Morgan fingerprint density at radius 2 is 2.00 bits per heavy atom. The number of oxime groups is 1. The van der Waals surface area contributed by atoms with E-state index in [-0.39, 0.29) is 31.0 Å². The zero-order valence-electron chi connectivity index (χ0n) is 12.2. The fraction of sp³-hybridized carbons (Fsp3) is 0.818. The first kappa shape index (κ1) is 17.7. The zero-order valence-corrected chi connectivity index (χ0v) is 13.0. The number of carbonyl (C=O) groups excluding carboxylic acids is 1. The maximum absolute atomic E-state index is 12.3. The minimum absolute atomic E-state index is 0.0410. The molecule has 1 saturated heterocycles. The molecule has 1 aliphatic rings. The van der Waals surface area contributed by atoms with Crippen LogP contribution in [0, 0.1) is 5.41 Å². The molecule has 9 nitrogen and oxygen atoms in total. The summed E-state index contributed by atoms with van der Waals surface area (Å²) in [6.07, 6.45) is 0.574. The summed E-state index contributed by atoms with van der Waals surface area (Å²) in [5.74, 6) is -0.845. The Balaban J connectivity index is 2.71. The third-order valence-electron chi connectivity index (χ3n) is 3.58. The molecular weight excluding hydrogens is 300 g/mol. The number of carbonyl (C=O) groups is 1. The average Bonchev–Trinajstić information content (AvgIpc) is 2.46. The summed E-state index contributed by atoms with van der Waals surface area (Å²) in [5.41, 5.74) is 4.50. The Labute approximate surface area is 124 Å². The Kier molecular flexibility index (Phi) is 5.93. The third kappa shape index (κ3) is 4.05. The first-order valence-electron chi connectivity index (χ1n) is 6.50. The van der Waals surface area contributed by atoms with Gasteiger partial charge in [0.1, 0.15) is 5.41 Å². The Morgan fingerprint density at radius 1 is 1.43 bits per heavy atom. The number of hydrogen-bond acceptors (Lipinski definition) is 6. The van der Waals surface area contributed by atoms with Crippen LogP contribution in [-0.4, -0.2) is 69.3 Å². The number of amides is 1. The van der Waals surface area contributed by atoms with Gasteiger partial charge in [-0.3, -0.25) is 4.79 Å². The fourth-order valence-electron chi connectivity index (χ4n) is 2.06. The highest BCUT2D eigenvalue weighted by molar-refractivity contribution is 7.89. The number of sulfonamides is 1. The Morgan fingerprint density at radius 3 is 2.48 bits per heavy atom. The van der Waals surface area contributed by atoms with E-state index in [1.54, 1.807) is 0 Å². The summed E-state index contributed by atoms with van der Waals surface area (Å²) in [6, 6.07) is 0. The van der Waals surface area contributed by atoms with Crippen molar-refractivity contribution in [2.45, 2.75) is 12.8 Å². The lowest BCUT2D eigenvalue weighted by Gasteiger charge is -2.34. The predicted molar refractivity (Wildman–Crippen MR) is 76.4 cm³/mol. The van der Waals surface area contributed by atoms with Crippen molar-refractivity contribution in [2.24, 2.45) is 16.3 Å². The minimum atomic E-state index is -3.39. The first-order chi connectivity index (χ1) is 9.76. The highest BCUT2D eigenvalue weighted by Crippen LogP contribution is 2.31. The van der Waals surface area contributed by atoms with Crippen LogP contribution in [0.5, 0.6) is 0 Å². The van der Waals surface area contributed by atoms with E-state index in [0.29, 0.717) is 13.2 Å². The minimum Gasteiger partial charge on any atom is -0.409 e. The normalized spacial score (nSPS) is 19.5. The molecule has 21 heavy (non-hydrogen) atoms. The van der Waals surface area contributed by atoms with Crippen LogP contribution in [0.1, 0.15) is 12.8 Å². The Hall–Kier alpha value is -1.39. The van der Waals surface area contributed by atoms with Gasteiger partial charge in [0.25, 0.3) is 0 Å². The maximum Gasteiger partial charge on any atom is 0.234 e. The number of hydrogen-bond donors (Lipinski definition) is 3. The van der Waals surface area contributed by atoms with Gasteiger partial charge in [-0.25, -0.2) is 12.7 Å². The van der Waals surface area contributed by atoms with Crippen molar-refractivity contribution >= 4 is 21.8 Å². The van der Waals surface area contributed by atoms with Crippen molar-refractivity contribution in [1.82, 2.24) is 9.62 Å². The summed E-state index contributed by atoms with van der Waals surface area (Å²) in [6.45, 7) is 0.597. The molecule has 0 radical (unpaired) electrons. The molecule has 0 atom stereocenters. The van der Waals surface area contributed by atoms with Crippen molar-refractivity contribution in [2.75, 3.05) is 39.6 Å². The second-order valence-corrected chi connectivity index (χ2v) is 7.34. The van der Waals surface area contributed by atoms with Crippen molar-refractivity contribution in [3.05, 3.63) is 0 Å². The molecule has 1 fully saturated rings. The highest BCUT2D eigenvalue weighted by atomic mass is 32.2. The predicted octanol–water partition coefficient (Wildman–Crippen LogP) is -1.46. The van der Waals surface area contributed by atoms with Crippen LogP contribution in [0.3, 0.4) is 0 Å². The summed E-state index contributed by atoms with van der Waals surface area (Å²) >= 11 is 0. The molecule has 122 valence electrons. The van der Waals surface area contributed by atoms with E-state index in [2.05, 4.69) is 10.5 Å². The van der Waals surface area contributed by atoms with Gasteiger partial charge in [-0.2, -0.15) is 0 Å². The van der Waals surface area contributed by atoms with E-state index in [1.165, 1.54) is 14.1 Å². The molecule has 1 amide bonds. The molecule has 0 saturated carbocycles. The van der Waals surface area contributed by atoms with E-state index < -0.39 is 21.3 Å². The second-order valence-electron chi connectivity index (χ2n) is 5.03. The van der Waals surface area contributed by atoms with Crippen LogP contribution in [0.2, 0.25) is 0 Å². The molecule has 0 aromatic heterocycles. The van der Waals surface area contributed by atoms with Gasteiger partial charge in [-0.15, -0.1) is 0 Å².